The van der Waals surface area contributed by atoms with Crippen molar-refractivity contribution in [3.05, 3.63) is 52.1 Å². The van der Waals surface area contributed by atoms with Gasteiger partial charge in [0, 0.05) is 12.6 Å². The molecule has 1 aromatic heterocycles. The van der Waals surface area contributed by atoms with Crippen LogP contribution in [0.1, 0.15) is 47.5 Å². The van der Waals surface area contributed by atoms with E-state index >= 15 is 0 Å². The highest BCUT2D eigenvalue weighted by Gasteiger charge is 2.23. The predicted molar refractivity (Wildman–Crippen MR) is 84.0 cm³/mol. The number of aromatic nitrogens is 2. The first-order chi connectivity index (χ1) is 9.93. The number of nitrogens with zero attached hydrogens (tertiary/aromatic N) is 2. The zero-order valence-corrected chi connectivity index (χ0v) is 13.5. The van der Waals surface area contributed by atoms with Gasteiger partial charge in [0.2, 0.25) is 0 Å². The van der Waals surface area contributed by atoms with Crippen LogP contribution in [0.4, 0.5) is 4.39 Å². The molecular formula is C17H24FN3. The SMILES string of the molecule is CCCNC(c1c(C)cc(C)cc1F)c1cc(C)nn1C. The van der Waals surface area contributed by atoms with E-state index in [1.165, 1.54) is 0 Å². The Morgan fingerprint density at radius 1 is 1.24 bits per heavy atom. The van der Waals surface area contributed by atoms with Crippen LogP contribution in [-0.4, -0.2) is 16.3 Å². The van der Waals surface area contributed by atoms with Crippen molar-refractivity contribution in [1.29, 1.82) is 0 Å². The van der Waals surface area contributed by atoms with E-state index in [2.05, 4.69) is 17.3 Å². The Morgan fingerprint density at radius 2 is 1.95 bits per heavy atom. The smallest absolute Gasteiger partial charge is 0.128 e. The van der Waals surface area contributed by atoms with Crippen LogP contribution < -0.4 is 5.32 Å². The second-order valence-corrected chi connectivity index (χ2v) is 5.70. The minimum Gasteiger partial charge on any atom is -0.305 e. The molecule has 0 amide bonds. The van der Waals surface area contributed by atoms with Gasteiger partial charge in [0.15, 0.2) is 0 Å². The molecule has 0 saturated heterocycles. The third-order valence-corrected chi connectivity index (χ3v) is 3.70. The van der Waals surface area contributed by atoms with E-state index in [-0.39, 0.29) is 11.9 Å². The minimum atomic E-state index is -0.170. The summed E-state index contributed by atoms with van der Waals surface area (Å²) in [5.41, 5.74) is 4.58. The summed E-state index contributed by atoms with van der Waals surface area (Å²) >= 11 is 0. The molecule has 2 rings (SSSR count). The van der Waals surface area contributed by atoms with Crippen molar-refractivity contribution < 1.29 is 4.39 Å². The maximum absolute atomic E-state index is 14.5. The van der Waals surface area contributed by atoms with Gasteiger partial charge in [0.25, 0.3) is 0 Å². The molecule has 3 nitrogen and oxygen atoms in total. The van der Waals surface area contributed by atoms with Crippen molar-refractivity contribution in [3.63, 3.8) is 0 Å². The zero-order chi connectivity index (χ0) is 15.6. The van der Waals surface area contributed by atoms with Crippen LogP contribution >= 0.6 is 0 Å². The van der Waals surface area contributed by atoms with Crippen molar-refractivity contribution in [2.24, 2.45) is 7.05 Å². The molecular weight excluding hydrogens is 265 g/mol. The van der Waals surface area contributed by atoms with Gasteiger partial charge >= 0.3 is 0 Å². The molecule has 1 atom stereocenters. The van der Waals surface area contributed by atoms with E-state index in [1.54, 1.807) is 6.07 Å². The van der Waals surface area contributed by atoms with Crippen molar-refractivity contribution in [2.75, 3.05) is 6.54 Å². The van der Waals surface area contributed by atoms with Crippen molar-refractivity contribution in [3.8, 4) is 0 Å². The molecule has 0 saturated carbocycles. The van der Waals surface area contributed by atoms with E-state index in [9.17, 15) is 4.39 Å². The van der Waals surface area contributed by atoms with Gasteiger partial charge in [-0.2, -0.15) is 5.10 Å². The highest BCUT2D eigenvalue weighted by Crippen LogP contribution is 2.28. The average molecular weight is 289 g/mol. The molecule has 0 spiro atoms. The number of nitrogens with one attached hydrogen (secondary N) is 1. The number of halogens is 1. The van der Waals surface area contributed by atoms with Crippen LogP contribution in [0.3, 0.4) is 0 Å². The lowest BCUT2D eigenvalue weighted by atomic mass is 9.95. The van der Waals surface area contributed by atoms with Gasteiger partial charge in [-0.3, -0.25) is 4.68 Å². The average Bonchev–Trinajstić information content (AvgIpc) is 2.71. The van der Waals surface area contributed by atoms with Crippen molar-refractivity contribution in [2.45, 2.75) is 40.2 Å². The van der Waals surface area contributed by atoms with E-state index < -0.39 is 0 Å². The Morgan fingerprint density at radius 3 is 2.48 bits per heavy atom. The molecule has 1 heterocycles. The Bertz CT molecular complexity index is 608. The van der Waals surface area contributed by atoms with E-state index in [1.807, 2.05) is 44.6 Å². The topological polar surface area (TPSA) is 29.9 Å². The molecule has 1 aromatic carbocycles. The van der Waals surface area contributed by atoms with Crippen LogP contribution in [0.25, 0.3) is 0 Å². The van der Waals surface area contributed by atoms with Crippen LogP contribution in [0.15, 0.2) is 18.2 Å². The van der Waals surface area contributed by atoms with Gasteiger partial charge in [-0.05, 0) is 57.0 Å². The van der Waals surface area contributed by atoms with Gasteiger partial charge < -0.3 is 5.32 Å². The second-order valence-electron chi connectivity index (χ2n) is 5.70. The summed E-state index contributed by atoms with van der Waals surface area (Å²) in [5.74, 6) is -0.153. The summed E-state index contributed by atoms with van der Waals surface area (Å²) in [6.45, 7) is 8.79. The van der Waals surface area contributed by atoms with Crippen molar-refractivity contribution >= 4 is 0 Å². The Balaban J connectivity index is 2.53. The van der Waals surface area contributed by atoms with Crippen LogP contribution in [0, 0.1) is 26.6 Å². The Labute approximate surface area is 126 Å². The minimum absolute atomic E-state index is 0.153. The number of hydrogen-bond acceptors (Lipinski definition) is 2. The standard InChI is InChI=1S/C17H24FN3/c1-6-7-19-17(15-10-13(4)20-21(15)5)16-12(3)8-11(2)9-14(16)18/h8-10,17,19H,6-7H2,1-5H3. The fraction of sp³-hybridized carbons (Fsp3) is 0.471. The lowest BCUT2D eigenvalue weighted by Crippen LogP contribution is -2.27. The molecule has 0 fully saturated rings. The number of aryl methyl sites for hydroxylation is 4. The molecule has 1 N–H and O–H groups in total. The molecule has 1 unspecified atom stereocenters. The zero-order valence-electron chi connectivity index (χ0n) is 13.5. The van der Waals surface area contributed by atoms with Gasteiger partial charge in [0.1, 0.15) is 5.82 Å². The Hall–Kier alpha value is -1.68. The molecule has 0 bridgehead atoms. The normalized spacial score (nSPS) is 12.7. The second kappa shape index (κ2) is 6.39. The molecule has 21 heavy (non-hydrogen) atoms. The lowest BCUT2D eigenvalue weighted by molar-refractivity contribution is 0.517. The molecule has 0 radical (unpaired) electrons. The summed E-state index contributed by atoms with van der Waals surface area (Å²) in [6.07, 6.45) is 1.000. The van der Waals surface area contributed by atoms with Crippen LogP contribution in [0.5, 0.6) is 0 Å². The number of rotatable bonds is 5. The van der Waals surface area contributed by atoms with Crippen LogP contribution in [-0.2, 0) is 7.05 Å². The first-order valence-corrected chi connectivity index (χ1v) is 7.44. The summed E-state index contributed by atoms with van der Waals surface area (Å²) < 4.78 is 16.4. The first kappa shape index (κ1) is 15.7. The maximum Gasteiger partial charge on any atom is 0.128 e. The van der Waals surface area contributed by atoms with Crippen molar-refractivity contribution in [1.82, 2.24) is 15.1 Å². The summed E-state index contributed by atoms with van der Waals surface area (Å²) in [6, 6.07) is 5.48. The molecule has 2 aromatic rings. The fourth-order valence-electron chi connectivity index (χ4n) is 2.84. The highest BCUT2D eigenvalue weighted by molar-refractivity contribution is 5.38. The number of hydrogen-bond donors (Lipinski definition) is 1. The third kappa shape index (κ3) is 3.32. The van der Waals surface area contributed by atoms with E-state index in [0.29, 0.717) is 0 Å². The molecule has 0 aliphatic carbocycles. The third-order valence-electron chi connectivity index (χ3n) is 3.70. The van der Waals surface area contributed by atoms with E-state index in [0.717, 1.165) is 41.0 Å². The quantitative estimate of drug-likeness (QED) is 0.912. The number of benzene rings is 1. The monoisotopic (exact) mass is 289 g/mol. The largest absolute Gasteiger partial charge is 0.305 e. The molecule has 0 aliphatic heterocycles. The first-order valence-electron chi connectivity index (χ1n) is 7.44. The maximum atomic E-state index is 14.5. The Kier molecular flexibility index (Phi) is 4.78. The van der Waals surface area contributed by atoms with Gasteiger partial charge in [-0.15, -0.1) is 0 Å². The molecule has 114 valence electrons. The molecule has 4 heteroatoms. The summed E-state index contributed by atoms with van der Waals surface area (Å²) in [4.78, 5) is 0. The van der Waals surface area contributed by atoms with Crippen LogP contribution in [0.2, 0.25) is 0 Å². The van der Waals surface area contributed by atoms with Gasteiger partial charge in [-0.25, -0.2) is 4.39 Å². The lowest BCUT2D eigenvalue weighted by Gasteiger charge is -2.22. The highest BCUT2D eigenvalue weighted by atomic mass is 19.1. The molecule has 0 aliphatic rings. The van der Waals surface area contributed by atoms with Gasteiger partial charge in [0.05, 0.1) is 17.4 Å². The summed E-state index contributed by atoms with van der Waals surface area (Å²) in [7, 11) is 1.91. The summed E-state index contributed by atoms with van der Waals surface area (Å²) in [5, 5.41) is 7.85. The fourth-order valence-corrected chi connectivity index (χ4v) is 2.84. The van der Waals surface area contributed by atoms with Gasteiger partial charge in [-0.1, -0.05) is 13.0 Å². The van der Waals surface area contributed by atoms with E-state index in [4.69, 9.17) is 0 Å². The predicted octanol–water partition coefficient (Wildman–Crippen LogP) is 3.57.